The zero-order chi connectivity index (χ0) is 53.8. The van der Waals surface area contributed by atoms with Gasteiger partial charge in [0.05, 0.1) is 52.5 Å². The van der Waals surface area contributed by atoms with E-state index < -0.39 is 193 Å². The van der Waals surface area contributed by atoms with E-state index in [0.717, 1.165) is 42.5 Å². The van der Waals surface area contributed by atoms with Crippen LogP contribution < -0.4 is 10.1 Å². The van der Waals surface area contributed by atoms with Crippen molar-refractivity contribution in [2.45, 2.75) is 49.6 Å². The fourth-order valence-corrected chi connectivity index (χ4v) is 9.30. The second-order valence-electron chi connectivity index (χ2n) is 17.3. The predicted octanol–water partition coefficient (Wildman–Crippen LogP) is 8.73. The van der Waals surface area contributed by atoms with Gasteiger partial charge in [0.25, 0.3) is 0 Å². The first-order valence-electron chi connectivity index (χ1n) is 22.0. The van der Waals surface area contributed by atoms with E-state index in [-0.39, 0.29) is 28.3 Å². The van der Waals surface area contributed by atoms with Gasteiger partial charge in [-0.05, 0) is 67.1 Å². The zero-order valence-electron chi connectivity index (χ0n) is 37.5. The number of rotatable bonds is 7. The molecule has 5 aliphatic heterocycles. The first kappa shape index (κ1) is 50.9. The van der Waals surface area contributed by atoms with Crippen LogP contribution in [0.5, 0.6) is 5.75 Å². The number of benzene rings is 4. The van der Waals surface area contributed by atoms with Crippen LogP contribution in [-0.2, 0) is 4.74 Å². The Kier molecular flexibility index (Phi) is 12.8. The maximum absolute atomic E-state index is 16.2. The number of aromatic nitrogens is 1. The maximum Gasteiger partial charge on any atom is 0.229 e. The zero-order valence-corrected chi connectivity index (χ0v) is 37.5. The lowest BCUT2D eigenvalue weighted by atomic mass is 9.86. The van der Waals surface area contributed by atoms with Gasteiger partial charge in [-0.25, -0.2) is 66.5 Å². The van der Waals surface area contributed by atoms with Crippen LogP contribution in [0.15, 0.2) is 99.9 Å². The summed E-state index contributed by atoms with van der Waals surface area (Å²) in [5, 5.41) is 44.1. The molecule has 4 unspecified atom stereocenters. The molecule has 0 spiro atoms. The Balaban J connectivity index is 1.27. The molecule has 8 bridgehead atoms. The Morgan fingerprint density at radius 3 is 1.69 bits per heavy atom. The minimum absolute atomic E-state index is 0.0120. The van der Waals surface area contributed by atoms with Crippen molar-refractivity contribution >= 4 is 28.1 Å². The third-order valence-electron chi connectivity index (χ3n) is 13.0. The molecule has 10 nitrogen and oxygen atoms in total. The number of aliphatic hydroxyl groups excluding tert-OH is 4. The second kappa shape index (κ2) is 18.9. The highest BCUT2D eigenvalue weighted by Gasteiger charge is 2.45. The number of allylic oxidation sites excluding steroid dienone is 6. The van der Waals surface area contributed by atoms with Gasteiger partial charge in [0, 0.05) is 44.9 Å². The first-order valence-corrected chi connectivity index (χ1v) is 22.0. The minimum Gasteiger partial charge on any atom is -0.462 e. The quantitative estimate of drug-likeness (QED) is 0.0542. The number of halogens is 14. The molecule has 0 aliphatic carbocycles. The number of nitrogens with one attached hydrogen (secondary N) is 2. The fraction of sp³-hybridized carbons (Fsp3) is 0.176. The van der Waals surface area contributed by atoms with Crippen LogP contribution in [0.3, 0.4) is 0 Å². The van der Waals surface area contributed by atoms with E-state index in [0.29, 0.717) is 6.92 Å². The summed E-state index contributed by atoms with van der Waals surface area (Å²) in [4.78, 5) is 11.3. The highest BCUT2D eigenvalue weighted by atomic mass is 19.2. The largest absolute Gasteiger partial charge is 0.462 e. The van der Waals surface area contributed by atoms with Crippen molar-refractivity contribution in [2.75, 3.05) is 6.61 Å². The van der Waals surface area contributed by atoms with Crippen LogP contribution in [0.1, 0.15) is 45.1 Å². The normalized spacial score (nSPS) is 26.1. The van der Waals surface area contributed by atoms with Crippen molar-refractivity contribution in [3.8, 4) is 5.75 Å². The fourth-order valence-electron chi connectivity index (χ4n) is 9.30. The average molecular weight is 1060 g/mol. The molecule has 1 fully saturated rings. The Bertz CT molecular complexity index is 3490. The van der Waals surface area contributed by atoms with E-state index >= 15 is 52.7 Å². The molecule has 5 aliphatic rings. The second-order valence-corrected chi connectivity index (χ2v) is 17.3. The van der Waals surface area contributed by atoms with Crippen molar-refractivity contribution < 1.29 is 91.4 Å². The number of fused-ring (bicyclic) bond motifs is 6. The number of ether oxygens (including phenoxy) is 2. The van der Waals surface area contributed by atoms with Crippen molar-refractivity contribution in [1.29, 1.82) is 0 Å². The number of nitrogens with zero attached hydrogens (tertiary/aromatic N) is 2. The van der Waals surface area contributed by atoms with Gasteiger partial charge < -0.3 is 40.2 Å². The van der Waals surface area contributed by atoms with Gasteiger partial charge in [0.1, 0.15) is 30.2 Å². The number of H-pyrrole nitrogens is 1. The molecule has 0 radical (unpaired) electrons. The number of aliphatic imine (C=N–C) groups is 2. The molecule has 24 heteroatoms. The Labute approximate surface area is 411 Å². The van der Waals surface area contributed by atoms with E-state index in [2.05, 4.69) is 20.3 Å². The van der Waals surface area contributed by atoms with Crippen molar-refractivity contribution in [3.05, 3.63) is 211 Å². The highest BCUT2D eigenvalue weighted by Crippen LogP contribution is 2.44. The monoisotopic (exact) mass is 1060 g/mol. The Hall–Kier alpha value is -7.64. The van der Waals surface area contributed by atoms with Gasteiger partial charge in [0.15, 0.2) is 69.8 Å². The standard InChI is InChI=1S/C51H30F14N4O6/c1-15-34(52)36(54)31(37(55)35(15)53)28-22-9-11-24(68-22)29(32-38(56)42(60)46(64)43(61)39(32)57)20-7-5-18(66-20)27(16-3-2-4-17(13-16)74-51-50(73)49(72)48(71)26(14-70)75-51)19-6-8-21(67-19)30(25-12-10-23(28)69-25)33-40(58)44(62)47(65)45(63)41(33)59/h2-13,20,26,29,48-51,66,69-73H,14H2,1H3/b27-18-,28-22+,30-21+/t20?,26?,29?,48-,49+,50?,51-/m1/s1. The molecule has 7 atom stereocenters. The summed E-state index contributed by atoms with van der Waals surface area (Å²) in [5.41, 5.74) is -11.5. The van der Waals surface area contributed by atoms with Crippen LogP contribution >= 0.6 is 0 Å². The summed E-state index contributed by atoms with van der Waals surface area (Å²) in [6, 6.07) is 5.37. The van der Waals surface area contributed by atoms with Gasteiger partial charge in [-0.15, -0.1) is 0 Å². The molecule has 6 N–H and O–H groups in total. The summed E-state index contributed by atoms with van der Waals surface area (Å²) in [6.07, 6.45) is -2.47. The smallest absolute Gasteiger partial charge is 0.229 e. The summed E-state index contributed by atoms with van der Waals surface area (Å²) in [7, 11) is 0. The molecule has 4 aromatic carbocycles. The van der Waals surface area contributed by atoms with Crippen LogP contribution in [-0.4, -0.2) is 80.2 Å². The molecule has 0 saturated carbocycles. The van der Waals surface area contributed by atoms with Crippen LogP contribution in [0.25, 0.3) is 16.7 Å². The van der Waals surface area contributed by atoms with Crippen LogP contribution in [0.2, 0.25) is 0 Å². The molecular weight excluding hydrogens is 1030 g/mol. The van der Waals surface area contributed by atoms with Crippen molar-refractivity contribution in [2.24, 2.45) is 9.98 Å². The van der Waals surface area contributed by atoms with E-state index in [1.807, 2.05) is 0 Å². The van der Waals surface area contributed by atoms with Crippen molar-refractivity contribution in [3.63, 3.8) is 0 Å². The average Bonchev–Trinajstić information content (AvgIpc) is 4.27. The van der Waals surface area contributed by atoms with E-state index in [9.17, 15) is 29.2 Å². The molecule has 6 heterocycles. The molecule has 1 aromatic heterocycles. The summed E-state index contributed by atoms with van der Waals surface area (Å²) < 4.78 is 229. The maximum atomic E-state index is 16.2. The van der Waals surface area contributed by atoms with Crippen LogP contribution in [0.4, 0.5) is 61.5 Å². The summed E-state index contributed by atoms with van der Waals surface area (Å²) in [5.74, 6) is -34.6. The lowest BCUT2D eigenvalue weighted by Gasteiger charge is -2.39. The lowest BCUT2D eigenvalue weighted by molar-refractivity contribution is -0.277. The summed E-state index contributed by atoms with van der Waals surface area (Å²) >= 11 is 0. The molecule has 1 saturated heterocycles. The lowest BCUT2D eigenvalue weighted by Crippen LogP contribution is -2.60. The number of aromatic amines is 1. The third kappa shape index (κ3) is 8.09. The first-order chi connectivity index (χ1) is 35.6. The van der Waals surface area contributed by atoms with Gasteiger partial charge in [-0.1, -0.05) is 18.2 Å². The van der Waals surface area contributed by atoms with E-state index in [4.69, 9.17) is 9.47 Å². The number of hydrogen-bond donors (Lipinski definition) is 6. The Morgan fingerprint density at radius 2 is 1.11 bits per heavy atom. The van der Waals surface area contributed by atoms with Gasteiger partial charge in [0.2, 0.25) is 17.9 Å². The third-order valence-corrected chi connectivity index (χ3v) is 13.0. The van der Waals surface area contributed by atoms with Gasteiger partial charge >= 0.3 is 0 Å². The summed E-state index contributed by atoms with van der Waals surface area (Å²) in [6.45, 7) is -0.155. The molecule has 5 aromatic rings. The number of aliphatic hydroxyl groups is 4. The molecule has 75 heavy (non-hydrogen) atoms. The van der Waals surface area contributed by atoms with Crippen molar-refractivity contribution in [1.82, 2.24) is 10.3 Å². The van der Waals surface area contributed by atoms with E-state index in [1.54, 1.807) is 0 Å². The number of hydrogen-bond acceptors (Lipinski definition) is 9. The topological polar surface area (TPSA) is 152 Å². The van der Waals surface area contributed by atoms with Crippen LogP contribution in [0, 0.1) is 88.4 Å². The predicted molar refractivity (Wildman–Crippen MR) is 236 cm³/mol. The molecular formula is C51H30F14N4O6. The van der Waals surface area contributed by atoms with Gasteiger partial charge in [-0.3, -0.25) is 4.99 Å². The molecule has 388 valence electrons. The van der Waals surface area contributed by atoms with Gasteiger partial charge in [-0.2, -0.15) is 0 Å². The van der Waals surface area contributed by atoms with E-state index in [1.165, 1.54) is 30.3 Å². The SMILES string of the molecule is Cc1c(F)c(F)c(/C2=C3\C=CC(=N3)C(c3c(F)c(F)c(F)c(F)c3F)C3C=C/C(=C(\c4cccc(O[C@@H]5OC(CO)[C@@H](O)[C@H](O)C5O)c4)C4=N/C(=C(/c5c(F)c(F)c(F)c(F)c5F)c5ccc2[nH]5)C=C4)N3)c(F)c1F. The minimum atomic E-state index is -2.57. The highest BCUT2D eigenvalue weighted by molar-refractivity contribution is 6.32. The molecule has 10 rings (SSSR count). The molecule has 0 amide bonds. The Morgan fingerprint density at radius 1 is 0.573 bits per heavy atom.